The van der Waals surface area contributed by atoms with Crippen LogP contribution in [0.1, 0.15) is 11.9 Å². The second kappa shape index (κ2) is 6.63. The second-order valence-corrected chi connectivity index (χ2v) is 7.71. The van der Waals surface area contributed by atoms with Crippen LogP contribution < -0.4 is 10.0 Å². The van der Waals surface area contributed by atoms with Gasteiger partial charge < -0.3 is 5.32 Å². The van der Waals surface area contributed by atoms with E-state index >= 15 is 0 Å². The number of aromatic nitrogens is 4. The van der Waals surface area contributed by atoms with Gasteiger partial charge in [-0.15, -0.1) is 10.2 Å². The lowest BCUT2D eigenvalue weighted by molar-refractivity contribution is -0.114. The first-order valence-electron chi connectivity index (χ1n) is 6.97. The van der Waals surface area contributed by atoms with E-state index in [1.165, 1.54) is 36.7 Å². The van der Waals surface area contributed by atoms with Crippen LogP contribution in [0.3, 0.4) is 0 Å². The summed E-state index contributed by atoms with van der Waals surface area (Å²) in [6.45, 7) is 1.61. The van der Waals surface area contributed by atoms with Gasteiger partial charge in [0.15, 0.2) is 0 Å². The number of carbonyl (C=O) groups excluding carboxylic acids is 1. The largest absolute Gasteiger partial charge is 0.326 e. The molecule has 2 heterocycles. The standard InChI is InChI=1S/C13H14N6O3S2/c1-9(20)16-10-2-4-11(5-3-10)24(21,22)15-7-6-12-18-19-8-14-17-13(19)23-12/h2-5,8,15H,6-7H2,1H3,(H,16,20). The molecule has 1 amide bonds. The van der Waals surface area contributed by atoms with Gasteiger partial charge in [0.25, 0.3) is 0 Å². The van der Waals surface area contributed by atoms with E-state index in [0.717, 1.165) is 5.01 Å². The molecule has 0 saturated carbocycles. The number of amides is 1. The van der Waals surface area contributed by atoms with Gasteiger partial charge in [-0.3, -0.25) is 4.79 Å². The first-order chi connectivity index (χ1) is 11.4. The third-order valence-corrected chi connectivity index (χ3v) is 5.49. The Morgan fingerprint density at radius 2 is 2.04 bits per heavy atom. The Balaban J connectivity index is 1.60. The minimum Gasteiger partial charge on any atom is -0.326 e. The Morgan fingerprint density at radius 3 is 2.71 bits per heavy atom. The highest BCUT2D eigenvalue weighted by Gasteiger charge is 2.14. The summed E-state index contributed by atoms with van der Waals surface area (Å²) < 4.78 is 28.5. The summed E-state index contributed by atoms with van der Waals surface area (Å²) in [5.41, 5.74) is 0.543. The third kappa shape index (κ3) is 3.75. The fourth-order valence-corrected chi connectivity index (χ4v) is 3.84. The van der Waals surface area contributed by atoms with E-state index in [-0.39, 0.29) is 17.3 Å². The fourth-order valence-electron chi connectivity index (χ4n) is 2.00. The zero-order valence-electron chi connectivity index (χ0n) is 12.6. The predicted octanol–water partition coefficient (Wildman–Crippen LogP) is 0.665. The minimum absolute atomic E-state index is 0.134. The van der Waals surface area contributed by atoms with Crippen molar-refractivity contribution in [2.24, 2.45) is 0 Å². The molecule has 0 aliphatic carbocycles. The molecule has 0 atom stereocenters. The van der Waals surface area contributed by atoms with Crippen LogP contribution in [0, 0.1) is 0 Å². The van der Waals surface area contributed by atoms with Gasteiger partial charge in [-0.05, 0) is 24.3 Å². The Labute approximate surface area is 141 Å². The average Bonchev–Trinajstić information content (AvgIpc) is 3.08. The van der Waals surface area contributed by atoms with E-state index in [0.29, 0.717) is 17.1 Å². The molecule has 0 aliphatic heterocycles. The maximum Gasteiger partial charge on any atom is 0.240 e. The van der Waals surface area contributed by atoms with E-state index in [4.69, 9.17) is 0 Å². The summed E-state index contributed by atoms with van der Waals surface area (Å²) in [5.74, 6) is -0.214. The van der Waals surface area contributed by atoms with Crippen LogP contribution in [-0.2, 0) is 21.2 Å². The molecule has 0 radical (unpaired) electrons. The molecule has 11 heteroatoms. The van der Waals surface area contributed by atoms with Gasteiger partial charge in [0.1, 0.15) is 11.3 Å². The molecular formula is C13H14N6O3S2. The van der Waals surface area contributed by atoms with Crippen molar-refractivity contribution in [3.63, 3.8) is 0 Å². The van der Waals surface area contributed by atoms with Crippen molar-refractivity contribution in [3.05, 3.63) is 35.6 Å². The van der Waals surface area contributed by atoms with E-state index in [9.17, 15) is 13.2 Å². The molecular weight excluding hydrogens is 352 g/mol. The van der Waals surface area contributed by atoms with Crippen LogP contribution in [-0.4, -0.2) is 40.7 Å². The number of sulfonamides is 1. The predicted molar refractivity (Wildman–Crippen MR) is 88.3 cm³/mol. The van der Waals surface area contributed by atoms with Crippen molar-refractivity contribution in [2.75, 3.05) is 11.9 Å². The molecule has 0 saturated heterocycles. The Morgan fingerprint density at radius 1 is 1.29 bits per heavy atom. The van der Waals surface area contributed by atoms with Gasteiger partial charge in [-0.2, -0.15) is 9.61 Å². The Bertz CT molecular complexity index is 933. The van der Waals surface area contributed by atoms with E-state index < -0.39 is 10.0 Å². The number of benzene rings is 1. The van der Waals surface area contributed by atoms with Crippen molar-refractivity contribution >= 4 is 37.9 Å². The number of nitrogens with one attached hydrogen (secondary N) is 2. The molecule has 9 nitrogen and oxygen atoms in total. The number of hydrogen-bond donors (Lipinski definition) is 2. The molecule has 2 N–H and O–H groups in total. The first-order valence-corrected chi connectivity index (χ1v) is 9.27. The molecule has 0 spiro atoms. The van der Waals surface area contributed by atoms with Crippen molar-refractivity contribution in [1.82, 2.24) is 24.5 Å². The highest BCUT2D eigenvalue weighted by atomic mass is 32.2. The molecule has 1 aromatic carbocycles. The smallest absolute Gasteiger partial charge is 0.240 e. The summed E-state index contributed by atoms with van der Waals surface area (Å²) in [4.78, 5) is 11.8. The zero-order chi connectivity index (χ0) is 17.2. The van der Waals surface area contributed by atoms with Gasteiger partial charge >= 0.3 is 0 Å². The normalized spacial score (nSPS) is 11.7. The number of anilines is 1. The highest BCUT2D eigenvalue weighted by molar-refractivity contribution is 7.89. The van der Waals surface area contributed by atoms with Crippen LogP contribution in [0.15, 0.2) is 35.5 Å². The second-order valence-electron chi connectivity index (χ2n) is 4.91. The monoisotopic (exact) mass is 366 g/mol. The lowest BCUT2D eigenvalue weighted by Gasteiger charge is -2.07. The van der Waals surface area contributed by atoms with E-state index in [1.54, 1.807) is 16.6 Å². The highest BCUT2D eigenvalue weighted by Crippen LogP contribution is 2.15. The summed E-state index contributed by atoms with van der Waals surface area (Å²) in [5, 5.41) is 15.2. The van der Waals surface area contributed by atoms with E-state index in [1.807, 2.05) is 0 Å². The molecule has 0 bridgehead atoms. The van der Waals surface area contributed by atoms with Crippen LogP contribution in [0.25, 0.3) is 4.96 Å². The molecule has 2 aromatic heterocycles. The quantitative estimate of drug-likeness (QED) is 0.662. The fraction of sp³-hybridized carbons (Fsp3) is 0.231. The van der Waals surface area contributed by atoms with Crippen LogP contribution in [0.5, 0.6) is 0 Å². The molecule has 3 aromatic rings. The molecule has 0 aliphatic rings. The van der Waals surface area contributed by atoms with Gasteiger partial charge in [-0.25, -0.2) is 13.1 Å². The summed E-state index contributed by atoms with van der Waals surface area (Å²) in [6, 6.07) is 5.96. The molecule has 0 unspecified atom stereocenters. The molecule has 126 valence electrons. The summed E-state index contributed by atoms with van der Waals surface area (Å²) >= 11 is 1.36. The number of fused-ring (bicyclic) bond motifs is 1. The summed E-state index contributed by atoms with van der Waals surface area (Å²) in [6.07, 6.45) is 1.95. The van der Waals surface area contributed by atoms with Crippen LogP contribution in [0.4, 0.5) is 5.69 Å². The molecule has 0 fully saturated rings. The van der Waals surface area contributed by atoms with Gasteiger partial charge in [0.05, 0.1) is 4.90 Å². The van der Waals surface area contributed by atoms with Crippen LogP contribution in [0.2, 0.25) is 0 Å². The Hall–Kier alpha value is -2.37. The van der Waals surface area contributed by atoms with Crippen molar-refractivity contribution in [1.29, 1.82) is 0 Å². The van der Waals surface area contributed by atoms with Gasteiger partial charge in [-0.1, -0.05) is 11.3 Å². The van der Waals surface area contributed by atoms with Gasteiger partial charge in [0, 0.05) is 25.6 Å². The molecule has 24 heavy (non-hydrogen) atoms. The lowest BCUT2D eigenvalue weighted by Crippen LogP contribution is -2.26. The van der Waals surface area contributed by atoms with Crippen molar-refractivity contribution in [3.8, 4) is 0 Å². The number of rotatable bonds is 6. The average molecular weight is 366 g/mol. The first kappa shape index (κ1) is 16.5. The van der Waals surface area contributed by atoms with Gasteiger partial charge in [0.2, 0.25) is 20.9 Å². The summed E-state index contributed by atoms with van der Waals surface area (Å²) in [7, 11) is -3.61. The Kier molecular flexibility index (Phi) is 4.55. The maximum absolute atomic E-state index is 12.2. The number of carbonyl (C=O) groups is 1. The third-order valence-electron chi connectivity index (χ3n) is 3.04. The maximum atomic E-state index is 12.2. The SMILES string of the molecule is CC(=O)Nc1ccc(S(=O)(=O)NCCc2nn3cnnc3s2)cc1. The zero-order valence-corrected chi connectivity index (χ0v) is 14.3. The van der Waals surface area contributed by atoms with Crippen LogP contribution >= 0.6 is 11.3 Å². The number of nitrogens with zero attached hydrogens (tertiary/aromatic N) is 4. The van der Waals surface area contributed by atoms with Crippen molar-refractivity contribution in [2.45, 2.75) is 18.2 Å². The lowest BCUT2D eigenvalue weighted by atomic mass is 10.3. The molecule has 3 rings (SSSR count). The topological polar surface area (TPSA) is 118 Å². The number of hydrogen-bond acceptors (Lipinski definition) is 7. The minimum atomic E-state index is -3.61. The van der Waals surface area contributed by atoms with Crippen molar-refractivity contribution < 1.29 is 13.2 Å². The van der Waals surface area contributed by atoms with E-state index in [2.05, 4.69) is 25.3 Å².